The van der Waals surface area contributed by atoms with Crippen LogP contribution in [0.25, 0.3) is 0 Å². The van der Waals surface area contributed by atoms with Gasteiger partial charge >= 0.3 is 0 Å². The Morgan fingerprint density at radius 2 is 1.75 bits per heavy atom. The average Bonchev–Trinajstić information content (AvgIpc) is 2.53. The molecular formula is C17H23N3. The summed E-state index contributed by atoms with van der Waals surface area (Å²) in [5, 5.41) is 11.4. The molecule has 0 aliphatic carbocycles. The Kier molecular flexibility index (Phi) is 5.69. The first-order valence-electron chi connectivity index (χ1n) is 7.41. The van der Waals surface area contributed by atoms with Crippen LogP contribution in [-0.4, -0.2) is 16.7 Å². The summed E-state index contributed by atoms with van der Waals surface area (Å²) in [5.74, 6) is 0. The predicted molar refractivity (Wildman–Crippen MR) is 82.6 cm³/mol. The monoisotopic (exact) mass is 269 g/mol. The number of nitrogens with one attached hydrogen (secondary N) is 1. The van der Waals surface area contributed by atoms with Crippen LogP contribution in [0.15, 0.2) is 42.7 Å². The van der Waals surface area contributed by atoms with Crippen molar-refractivity contribution in [3.05, 3.63) is 59.4 Å². The molecule has 0 saturated heterocycles. The number of aryl methyl sites for hydroxylation is 1. The summed E-state index contributed by atoms with van der Waals surface area (Å²) in [6.07, 6.45) is 6.81. The van der Waals surface area contributed by atoms with Gasteiger partial charge in [0, 0.05) is 12.2 Å². The quantitative estimate of drug-likeness (QED) is 0.838. The van der Waals surface area contributed by atoms with E-state index in [1.165, 1.54) is 16.7 Å². The molecule has 0 radical (unpaired) electrons. The largest absolute Gasteiger partial charge is 0.310 e. The second kappa shape index (κ2) is 7.75. The third-order valence-electron chi connectivity index (χ3n) is 3.52. The fourth-order valence-electron chi connectivity index (χ4n) is 2.28. The third kappa shape index (κ3) is 4.14. The van der Waals surface area contributed by atoms with Crippen molar-refractivity contribution in [2.24, 2.45) is 0 Å². The van der Waals surface area contributed by atoms with Crippen LogP contribution >= 0.6 is 0 Å². The van der Waals surface area contributed by atoms with E-state index >= 15 is 0 Å². The van der Waals surface area contributed by atoms with Gasteiger partial charge < -0.3 is 5.32 Å². The second-order valence-electron chi connectivity index (χ2n) is 5.06. The topological polar surface area (TPSA) is 37.8 Å². The highest BCUT2D eigenvalue weighted by Crippen LogP contribution is 2.18. The molecule has 1 heterocycles. The average molecular weight is 269 g/mol. The van der Waals surface area contributed by atoms with Gasteiger partial charge in [0.2, 0.25) is 0 Å². The molecule has 0 amide bonds. The van der Waals surface area contributed by atoms with Gasteiger partial charge in [-0.3, -0.25) is 0 Å². The van der Waals surface area contributed by atoms with Gasteiger partial charge in [0.25, 0.3) is 0 Å². The Hall–Kier alpha value is -1.74. The van der Waals surface area contributed by atoms with E-state index in [1.807, 2.05) is 12.3 Å². The molecule has 0 fully saturated rings. The highest BCUT2D eigenvalue weighted by molar-refractivity contribution is 5.25. The first-order valence-corrected chi connectivity index (χ1v) is 7.41. The van der Waals surface area contributed by atoms with Crippen LogP contribution < -0.4 is 5.32 Å². The fourth-order valence-corrected chi connectivity index (χ4v) is 2.28. The zero-order valence-corrected chi connectivity index (χ0v) is 12.3. The normalized spacial score (nSPS) is 12.3. The predicted octanol–water partition coefficient (Wildman–Crippen LogP) is 3.32. The summed E-state index contributed by atoms with van der Waals surface area (Å²) in [5.41, 5.74) is 3.94. The van der Waals surface area contributed by atoms with Gasteiger partial charge in [-0.15, -0.1) is 0 Å². The molecule has 1 unspecified atom stereocenters. The lowest BCUT2D eigenvalue weighted by Crippen LogP contribution is -2.24. The van der Waals surface area contributed by atoms with Gasteiger partial charge in [-0.2, -0.15) is 10.2 Å². The maximum Gasteiger partial charge on any atom is 0.0544 e. The highest BCUT2D eigenvalue weighted by atomic mass is 15.1. The van der Waals surface area contributed by atoms with Crippen molar-refractivity contribution >= 4 is 0 Å². The molecule has 106 valence electrons. The molecule has 0 aliphatic heterocycles. The molecule has 3 heteroatoms. The van der Waals surface area contributed by atoms with Crippen LogP contribution in [0.5, 0.6) is 0 Å². The van der Waals surface area contributed by atoms with E-state index in [-0.39, 0.29) is 0 Å². The Balaban J connectivity index is 2.10. The summed E-state index contributed by atoms with van der Waals surface area (Å²) in [6.45, 7) is 5.38. The van der Waals surface area contributed by atoms with Crippen molar-refractivity contribution in [3.63, 3.8) is 0 Å². The van der Waals surface area contributed by atoms with Gasteiger partial charge in [-0.1, -0.05) is 38.1 Å². The Bertz CT molecular complexity index is 493. The summed E-state index contributed by atoms with van der Waals surface area (Å²) in [7, 11) is 0. The van der Waals surface area contributed by atoms with Crippen molar-refractivity contribution in [1.82, 2.24) is 15.5 Å². The number of rotatable bonds is 7. The maximum absolute atomic E-state index is 3.99. The SMILES string of the molecule is CCCNC(Cc1ccc(CC)cc1)c1ccnnc1. The molecule has 0 bridgehead atoms. The molecule has 0 aliphatic rings. The smallest absolute Gasteiger partial charge is 0.0544 e. The van der Waals surface area contributed by atoms with Crippen molar-refractivity contribution < 1.29 is 0 Å². The maximum atomic E-state index is 3.99. The Labute approximate surface area is 121 Å². The van der Waals surface area contributed by atoms with Crippen LogP contribution in [-0.2, 0) is 12.8 Å². The molecular weight excluding hydrogens is 246 g/mol. The molecule has 0 spiro atoms. The minimum Gasteiger partial charge on any atom is -0.310 e. The molecule has 1 atom stereocenters. The standard InChI is InChI=1S/C17H23N3/c1-3-10-18-17(16-9-11-19-20-13-16)12-15-7-5-14(4-2)6-8-15/h5-9,11,13,17-18H,3-4,10,12H2,1-2H3. The first kappa shape index (κ1) is 14.7. The molecule has 1 N–H and O–H groups in total. The van der Waals surface area contributed by atoms with E-state index < -0.39 is 0 Å². The van der Waals surface area contributed by atoms with Gasteiger partial charge in [-0.05, 0) is 48.6 Å². The van der Waals surface area contributed by atoms with Gasteiger partial charge in [0.15, 0.2) is 0 Å². The fraction of sp³-hybridized carbons (Fsp3) is 0.412. The Morgan fingerprint density at radius 1 is 1.00 bits per heavy atom. The van der Waals surface area contributed by atoms with Gasteiger partial charge in [0.1, 0.15) is 0 Å². The molecule has 0 saturated carbocycles. The van der Waals surface area contributed by atoms with Crippen LogP contribution in [0, 0.1) is 0 Å². The molecule has 3 nitrogen and oxygen atoms in total. The van der Waals surface area contributed by atoms with Crippen LogP contribution in [0.2, 0.25) is 0 Å². The summed E-state index contributed by atoms with van der Waals surface area (Å²) >= 11 is 0. The molecule has 20 heavy (non-hydrogen) atoms. The van der Waals surface area contributed by atoms with E-state index in [0.29, 0.717) is 6.04 Å². The zero-order chi connectivity index (χ0) is 14.2. The van der Waals surface area contributed by atoms with E-state index in [4.69, 9.17) is 0 Å². The summed E-state index contributed by atoms with van der Waals surface area (Å²) < 4.78 is 0. The molecule has 1 aromatic carbocycles. The van der Waals surface area contributed by atoms with E-state index in [2.05, 4.69) is 53.6 Å². The van der Waals surface area contributed by atoms with E-state index in [9.17, 15) is 0 Å². The lowest BCUT2D eigenvalue weighted by atomic mass is 9.99. The second-order valence-corrected chi connectivity index (χ2v) is 5.06. The van der Waals surface area contributed by atoms with Crippen molar-refractivity contribution in [1.29, 1.82) is 0 Å². The van der Waals surface area contributed by atoms with Crippen molar-refractivity contribution in [3.8, 4) is 0 Å². The van der Waals surface area contributed by atoms with Crippen molar-refractivity contribution in [2.45, 2.75) is 39.2 Å². The van der Waals surface area contributed by atoms with Crippen LogP contribution in [0.1, 0.15) is 43.0 Å². The first-order chi connectivity index (χ1) is 9.83. The third-order valence-corrected chi connectivity index (χ3v) is 3.52. The molecule has 2 aromatic rings. The lowest BCUT2D eigenvalue weighted by Gasteiger charge is -2.18. The Morgan fingerprint density at radius 3 is 2.35 bits per heavy atom. The van der Waals surface area contributed by atoms with Crippen LogP contribution in [0.3, 0.4) is 0 Å². The lowest BCUT2D eigenvalue weighted by molar-refractivity contribution is 0.526. The summed E-state index contributed by atoms with van der Waals surface area (Å²) in [6, 6.07) is 11.2. The number of aromatic nitrogens is 2. The number of hydrogen-bond acceptors (Lipinski definition) is 3. The summed E-state index contributed by atoms with van der Waals surface area (Å²) in [4.78, 5) is 0. The van der Waals surface area contributed by atoms with Gasteiger partial charge in [0.05, 0.1) is 6.20 Å². The number of benzene rings is 1. The van der Waals surface area contributed by atoms with Crippen LogP contribution in [0.4, 0.5) is 0 Å². The minimum absolute atomic E-state index is 0.304. The zero-order valence-electron chi connectivity index (χ0n) is 12.3. The van der Waals surface area contributed by atoms with E-state index in [0.717, 1.165) is 25.8 Å². The molecule has 2 rings (SSSR count). The van der Waals surface area contributed by atoms with Crippen molar-refractivity contribution in [2.75, 3.05) is 6.54 Å². The number of hydrogen-bond donors (Lipinski definition) is 1. The highest BCUT2D eigenvalue weighted by Gasteiger charge is 2.11. The van der Waals surface area contributed by atoms with E-state index in [1.54, 1.807) is 6.20 Å². The number of nitrogens with zero attached hydrogens (tertiary/aromatic N) is 2. The minimum atomic E-state index is 0.304. The molecule has 1 aromatic heterocycles. The van der Waals surface area contributed by atoms with Gasteiger partial charge in [-0.25, -0.2) is 0 Å².